The topological polar surface area (TPSA) is 113 Å². The number of sulfonamides is 1. The fraction of sp³-hybridized carbons (Fsp3) is 0.273. The van der Waals surface area contributed by atoms with E-state index >= 15 is 0 Å². The molecule has 0 aliphatic rings. The number of halogens is 2. The summed E-state index contributed by atoms with van der Waals surface area (Å²) in [6.07, 6.45) is -0.214. The van der Waals surface area contributed by atoms with E-state index in [-0.39, 0.29) is 27.9 Å². The molecule has 0 saturated heterocycles. The first-order valence-electron chi connectivity index (χ1n) is 5.66. The summed E-state index contributed by atoms with van der Waals surface area (Å²) in [5.41, 5.74) is 0. The van der Waals surface area contributed by atoms with E-state index in [0.29, 0.717) is 0 Å². The molecule has 0 aromatic heterocycles. The summed E-state index contributed by atoms with van der Waals surface area (Å²) >= 11 is 11.6. The van der Waals surface area contributed by atoms with E-state index in [1.165, 1.54) is 18.2 Å². The van der Waals surface area contributed by atoms with E-state index in [1.54, 1.807) is 0 Å². The van der Waals surface area contributed by atoms with E-state index in [9.17, 15) is 18.0 Å². The van der Waals surface area contributed by atoms with Crippen LogP contribution >= 0.6 is 23.2 Å². The lowest BCUT2D eigenvalue weighted by atomic mass is 10.4. The molecule has 7 nitrogen and oxygen atoms in total. The molecule has 1 amide bonds. The highest BCUT2D eigenvalue weighted by atomic mass is 35.5. The Kier molecular flexibility index (Phi) is 6.41. The van der Waals surface area contributed by atoms with E-state index in [0.717, 1.165) is 0 Å². The lowest BCUT2D eigenvalue weighted by molar-refractivity contribution is -0.137. The molecular formula is C11H12Cl2N2O5S. The van der Waals surface area contributed by atoms with Crippen molar-refractivity contribution in [2.75, 3.05) is 13.1 Å². The number of carbonyl (C=O) groups excluding carboxylic acids is 1. The first kappa shape index (κ1) is 17.7. The van der Waals surface area contributed by atoms with Gasteiger partial charge in [0.05, 0.1) is 10.0 Å². The van der Waals surface area contributed by atoms with Crippen LogP contribution in [0.2, 0.25) is 10.0 Å². The van der Waals surface area contributed by atoms with Gasteiger partial charge in [0.25, 0.3) is 0 Å². The van der Waals surface area contributed by atoms with Gasteiger partial charge in [0, 0.05) is 13.0 Å². The Bertz CT molecular complexity index is 628. The maximum atomic E-state index is 12.0. The molecule has 0 aliphatic heterocycles. The number of benzene rings is 1. The Balaban J connectivity index is 2.62. The minimum Gasteiger partial charge on any atom is -0.480 e. The Morgan fingerprint density at radius 1 is 1.19 bits per heavy atom. The minimum absolute atomic E-state index is 0.0367. The summed E-state index contributed by atoms with van der Waals surface area (Å²) in [4.78, 5) is 21.2. The quantitative estimate of drug-likeness (QED) is 0.672. The summed E-state index contributed by atoms with van der Waals surface area (Å²) < 4.78 is 26.2. The van der Waals surface area contributed by atoms with Crippen molar-refractivity contribution < 1.29 is 23.1 Å². The molecule has 0 fully saturated rings. The lowest BCUT2D eigenvalue weighted by Gasteiger charge is -2.09. The number of hydrogen-bond acceptors (Lipinski definition) is 4. The van der Waals surface area contributed by atoms with Crippen molar-refractivity contribution in [2.45, 2.75) is 11.3 Å². The smallest absolute Gasteiger partial charge is 0.322 e. The molecule has 0 heterocycles. The molecule has 0 aliphatic carbocycles. The standard InChI is InChI=1S/C11H12Cl2N2O5S/c12-7-2-1-3-8(13)11(7)21(19,20)15-5-4-9(16)14-6-10(17)18/h1-3,15H,4-6H2,(H,14,16)(H,17,18). The second-order valence-electron chi connectivity index (χ2n) is 3.87. The summed E-state index contributed by atoms with van der Waals surface area (Å²) in [6, 6.07) is 4.26. The minimum atomic E-state index is -3.96. The van der Waals surface area contributed by atoms with Crippen LogP contribution in [-0.2, 0) is 19.6 Å². The molecule has 0 spiro atoms. The number of rotatable bonds is 7. The molecule has 21 heavy (non-hydrogen) atoms. The monoisotopic (exact) mass is 354 g/mol. The number of carboxylic acid groups (broad SMARTS) is 1. The van der Waals surface area contributed by atoms with Gasteiger partial charge in [-0.15, -0.1) is 0 Å². The molecule has 116 valence electrons. The van der Waals surface area contributed by atoms with Crippen LogP contribution in [-0.4, -0.2) is 38.5 Å². The van der Waals surface area contributed by atoms with Crippen LogP contribution in [0.25, 0.3) is 0 Å². The van der Waals surface area contributed by atoms with E-state index in [1.807, 2.05) is 0 Å². The van der Waals surface area contributed by atoms with Gasteiger partial charge in [0.2, 0.25) is 15.9 Å². The number of carbonyl (C=O) groups is 2. The fourth-order valence-electron chi connectivity index (χ4n) is 1.37. The molecule has 1 aromatic rings. The van der Waals surface area contributed by atoms with Crippen molar-refractivity contribution in [3.8, 4) is 0 Å². The molecule has 0 bridgehead atoms. The average Bonchev–Trinajstić information content (AvgIpc) is 2.35. The third-order valence-corrected chi connectivity index (χ3v) is 4.68. The van der Waals surface area contributed by atoms with Gasteiger partial charge in [-0.05, 0) is 12.1 Å². The van der Waals surface area contributed by atoms with Crippen LogP contribution < -0.4 is 10.0 Å². The Morgan fingerprint density at radius 3 is 2.29 bits per heavy atom. The molecule has 1 aromatic carbocycles. The summed E-state index contributed by atoms with van der Waals surface area (Å²) in [5, 5.41) is 10.4. The van der Waals surface area contributed by atoms with Gasteiger partial charge in [-0.2, -0.15) is 0 Å². The van der Waals surface area contributed by atoms with Gasteiger partial charge in [-0.3, -0.25) is 9.59 Å². The zero-order valence-electron chi connectivity index (χ0n) is 10.6. The molecule has 3 N–H and O–H groups in total. The summed E-state index contributed by atoms with van der Waals surface area (Å²) in [7, 11) is -3.96. The van der Waals surface area contributed by atoms with Crippen molar-refractivity contribution in [1.29, 1.82) is 0 Å². The Hall–Kier alpha value is -1.35. The third kappa shape index (κ3) is 5.50. The van der Waals surface area contributed by atoms with Crippen LogP contribution in [0, 0.1) is 0 Å². The highest BCUT2D eigenvalue weighted by Gasteiger charge is 2.21. The molecule has 0 radical (unpaired) electrons. The molecule has 1 rings (SSSR count). The lowest BCUT2D eigenvalue weighted by Crippen LogP contribution is -2.33. The van der Waals surface area contributed by atoms with Crippen molar-refractivity contribution in [2.24, 2.45) is 0 Å². The molecule has 0 unspecified atom stereocenters. The van der Waals surface area contributed by atoms with Gasteiger partial charge >= 0.3 is 5.97 Å². The van der Waals surface area contributed by atoms with E-state index in [4.69, 9.17) is 28.3 Å². The maximum Gasteiger partial charge on any atom is 0.322 e. The molecule has 0 saturated carbocycles. The maximum absolute atomic E-state index is 12.0. The van der Waals surface area contributed by atoms with Crippen LogP contribution in [0.15, 0.2) is 23.1 Å². The van der Waals surface area contributed by atoms with Crippen LogP contribution in [0.1, 0.15) is 6.42 Å². The number of amides is 1. The van der Waals surface area contributed by atoms with Gasteiger partial charge in [0.1, 0.15) is 11.4 Å². The Labute approximate surface area is 131 Å². The van der Waals surface area contributed by atoms with Gasteiger partial charge in [-0.25, -0.2) is 13.1 Å². The number of carboxylic acids is 1. The highest BCUT2D eigenvalue weighted by molar-refractivity contribution is 7.89. The van der Waals surface area contributed by atoms with Crippen molar-refractivity contribution >= 4 is 45.1 Å². The van der Waals surface area contributed by atoms with Gasteiger partial charge in [0.15, 0.2) is 0 Å². The second-order valence-corrected chi connectivity index (χ2v) is 6.39. The second kappa shape index (κ2) is 7.60. The van der Waals surface area contributed by atoms with E-state index < -0.39 is 28.4 Å². The average molecular weight is 355 g/mol. The summed E-state index contributed by atoms with van der Waals surface area (Å²) in [6.45, 7) is -0.739. The zero-order valence-corrected chi connectivity index (χ0v) is 12.9. The normalized spacial score (nSPS) is 11.1. The van der Waals surface area contributed by atoms with Gasteiger partial charge in [-0.1, -0.05) is 29.3 Å². The fourth-order valence-corrected chi connectivity index (χ4v) is 3.54. The molecule has 0 atom stereocenters. The predicted molar refractivity (Wildman–Crippen MR) is 76.9 cm³/mol. The summed E-state index contributed by atoms with van der Waals surface area (Å²) in [5.74, 6) is -1.78. The largest absolute Gasteiger partial charge is 0.480 e. The van der Waals surface area contributed by atoms with E-state index in [2.05, 4.69) is 10.0 Å². The van der Waals surface area contributed by atoms with Crippen molar-refractivity contribution in [3.63, 3.8) is 0 Å². The first-order chi connectivity index (χ1) is 9.74. The Morgan fingerprint density at radius 2 is 1.76 bits per heavy atom. The molecular weight excluding hydrogens is 343 g/mol. The number of hydrogen-bond donors (Lipinski definition) is 3. The van der Waals surface area contributed by atoms with Gasteiger partial charge < -0.3 is 10.4 Å². The SMILES string of the molecule is O=C(O)CNC(=O)CCNS(=O)(=O)c1c(Cl)cccc1Cl. The predicted octanol–water partition coefficient (Wildman–Crippen LogP) is 0.863. The van der Waals surface area contributed by atoms with Crippen molar-refractivity contribution in [3.05, 3.63) is 28.2 Å². The van der Waals surface area contributed by atoms with Crippen LogP contribution in [0.4, 0.5) is 0 Å². The first-order valence-corrected chi connectivity index (χ1v) is 7.90. The highest BCUT2D eigenvalue weighted by Crippen LogP contribution is 2.28. The molecule has 10 heteroatoms. The van der Waals surface area contributed by atoms with Crippen molar-refractivity contribution in [1.82, 2.24) is 10.0 Å². The zero-order chi connectivity index (χ0) is 16.0. The number of nitrogens with one attached hydrogen (secondary N) is 2. The van der Waals surface area contributed by atoms with Crippen LogP contribution in [0.5, 0.6) is 0 Å². The number of aliphatic carboxylic acids is 1. The van der Waals surface area contributed by atoms with Crippen LogP contribution in [0.3, 0.4) is 0 Å². The third-order valence-electron chi connectivity index (χ3n) is 2.27.